The van der Waals surface area contributed by atoms with E-state index in [1.807, 2.05) is 19.1 Å². The number of sulfone groups is 1. The largest absolute Gasteiger partial charge is 0.224 e. The van der Waals surface area contributed by atoms with Gasteiger partial charge in [-0.05, 0) is 37.4 Å². The van der Waals surface area contributed by atoms with E-state index in [1.165, 1.54) is 0 Å². The molecular formula is C14H21N3O2S. The molecule has 1 aromatic rings. The summed E-state index contributed by atoms with van der Waals surface area (Å²) in [4.78, 5) is 3.10. The zero-order chi connectivity index (χ0) is 14.8. The van der Waals surface area contributed by atoms with Crippen LogP contribution >= 0.6 is 0 Å². The molecular weight excluding hydrogens is 274 g/mol. The quantitative estimate of drug-likeness (QED) is 0.298. The summed E-state index contributed by atoms with van der Waals surface area (Å²) in [5.41, 5.74) is 9.17. The molecule has 20 heavy (non-hydrogen) atoms. The van der Waals surface area contributed by atoms with Gasteiger partial charge in [0.25, 0.3) is 0 Å². The number of benzene rings is 1. The van der Waals surface area contributed by atoms with Gasteiger partial charge in [-0.25, -0.2) is 8.42 Å². The fraction of sp³-hybridized carbons (Fsp3) is 0.571. The van der Waals surface area contributed by atoms with Crippen LogP contribution in [0.5, 0.6) is 0 Å². The van der Waals surface area contributed by atoms with Gasteiger partial charge in [-0.1, -0.05) is 42.1 Å². The van der Waals surface area contributed by atoms with Crippen molar-refractivity contribution in [3.63, 3.8) is 0 Å². The Hall–Kier alpha value is -1.52. The van der Waals surface area contributed by atoms with Crippen molar-refractivity contribution < 1.29 is 8.42 Å². The van der Waals surface area contributed by atoms with Gasteiger partial charge in [0.1, 0.15) is 0 Å². The summed E-state index contributed by atoms with van der Waals surface area (Å²) in [5, 5.41) is 3.46. The Morgan fingerprint density at radius 3 is 2.30 bits per heavy atom. The van der Waals surface area contributed by atoms with Gasteiger partial charge in [0.15, 0.2) is 9.84 Å². The lowest BCUT2D eigenvalue weighted by Crippen LogP contribution is -2.06. The zero-order valence-electron chi connectivity index (χ0n) is 11.8. The van der Waals surface area contributed by atoms with Crippen molar-refractivity contribution >= 4 is 9.84 Å². The zero-order valence-corrected chi connectivity index (χ0v) is 12.6. The molecule has 0 spiro atoms. The molecule has 0 saturated heterocycles. The van der Waals surface area contributed by atoms with Crippen molar-refractivity contribution in [2.45, 2.75) is 43.9 Å². The molecule has 0 unspecified atom stereocenters. The van der Waals surface area contributed by atoms with E-state index in [0.29, 0.717) is 17.9 Å². The molecule has 110 valence electrons. The van der Waals surface area contributed by atoms with Crippen molar-refractivity contribution in [2.75, 3.05) is 12.3 Å². The Bertz CT molecular complexity index is 546. The third-order valence-corrected chi connectivity index (χ3v) is 4.93. The molecule has 0 fully saturated rings. The monoisotopic (exact) mass is 295 g/mol. The third kappa shape index (κ3) is 6.08. The van der Waals surface area contributed by atoms with E-state index in [2.05, 4.69) is 10.0 Å². The van der Waals surface area contributed by atoms with Gasteiger partial charge in [0.05, 0.1) is 10.6 Å². The van der Waals surface area contributed by atoms with E-state index in [0.717, 1.165) is 31.2 Å². The fourth-order valence-corrected chi connectivity index (χ4v) is 3.28. The highest BCUT2D eigenvalue weighted by Crippen LogP contribution is 2.14. The van der Waals surface area contributed by atoms with Crippen molar-refractivity contribution in [3.8, 4) is 0 Å². The smallest absolute Gasteiger partial charge is 0.178 e. The summed E-state index contributed by atoms with van der Waals surface area (Å²) in [6.45, 7) is 2.46. The van der Waals surface area contributed by atoms with Gasteiger partial charge in [-0.3, -0.25) is 0 Å². The Balaban J connectivity index is 2.27. The second-order valence-electron chi connectivity index (χ2n) is 4.85. The first-order chi connectivity index (χ1) is 9.56. The van der Waals surface area contributed by atoms with E-state index in [-0.39, 0.29) is 5.75 Å². The molecule has 0 aliphatic carbocycles. The summed E-state index contributed by atoms with van der Waals surface area (Å²) in [5.74, 6) is 0.201. The molecule has 0 heterocycles. The first-order valence-electron chi connectivity index (χ1n) is 6.86. The summed E-state index contributed by atoms with van der Waals surface area (Å²) in [7, 11) is -3.14. The second-order valence-corrected chi connectivity index (χ2v) is 6.96. The average molecular weight is 295 g/mol. The molecule has 1 aromatic carbocycles. The number of azide groups is 1. The molecule has 0 saturated carbocycles. The van der Waals surface area contributed by atoms with E-state index in [4.69, 9.17) is 5.53 Å². The minimum atomic E-state index is -3.14. The van der Waals surface area contributed by atoms with Crippen LogP contribution in [-0.2, 0) is 9.84 Å². The van der Waals surface area contributed by atoms with Crippen LogP contribution in [0.3, 0.4) is 0 Å². The Morgan fingerprint density at radius 1 is 1.05 bits per heavy atom. The molecule has 0 aliphatic heterocycles. The maximum atomic E-state index is 12.1. The topological polar surface area (TPSA) is 82.9 Å². The van der Waals surface area contributed by atoms with Gasteiger partial charge in [-0.15, -0.1) is 0 Å². The van der Waals surface area contributed by atoms with Crippen LogP contribution in [0.15, 0.2) is 34.3 Å². The highest BCUT2D eigenvalue weighted by molar-refractivity contribution is 7.91. The number of unbranched alkanes of at least 4 members (excludes halogenated alkanes) is 4. The first kappa shape index (κ1) is 16.5. The Morgan fingerprint density at radius 2 is 1.65 bits per heavy atom. The van der Waals surface area contributed by atoms with Crippen LogP contribution in [0.2, 0.25) is 0 Å². The highest BCUT2D eigenvalue weighted by Gasteiger charge is 2.13. The van der Waals surface area contributed by atoms with E-state index < -0.39 is 9.84 Å². The fourth-order valence-electron chi connectivity index (χ4n) is 1.91. The van der Waals surface area contributed by atoms with Crippen LogP contribution in [0, 0.1) is 6.92 Å². The molecule has 0 aliphatic rings. The molecule has 0 aromatic heterocycles. The molecule has 0 amide bonds. The van der Waals surface area contributed by atoms with Gasteiger partial charge >= 0.3 is 0 Å². The lowest BCUT2D eigenvalue weighted by Gasteiger charge is -2.05. The summed E-state index contributed by atoms with van der Waals surface area (Å²) in [6.07, 6.45) is 4.39. The summed E-state index contributed by atoms with van der Waals surface area (Å²) in [6, 6.07) is 6.99. The summed E-state index contributed by atoms with van der Waals surface area (Å²) >= 11 is 0. The molecule has 0 N–H and O–H groups in total. The minimum Gasteiger partial charge on any atom is -0.224 e. The van der Waals surface area contributed by atoms with E-state index in [1.54, 1.807) is 12.1 Å². The van der Waals surface area contributed by atoms with E-state index >= 15 is 0 Å². The molecule has 6 heteroatoms. The maximum Gasteiger partial charge on any atom is 0.178 e. The minimum absolute atomic E-state index is 0.201. The number of nitrogens with zero attached hydrogens (tertiary/aromatic N) is 3. The SMILES string of the molecule is Cc1ccc(S(=O)(=O)CCCCCCCN=[N+]=[N-])cc1. The predicted molar refractivity (Wildman–Crippen MR) is 80.3 cm³/mol. The number of aryl methyl sites for hydroxylation is 1. The molecule has 0 radical (unpaired) electrons. The van der Waals surface area contributed by atoms with Crippen molar-refractivity contribution in [2.24, 2.45) is 5.11 Å². The number of hydrogen-bond acceptors (Lipinski definition) is 3. The number of hydrogen-bond donors (Lipinski definition) is 0. The average Bonchev–Trinajstić information content (AvgIpc) is 2.42. The second kappa shape index (κ2) is 8.61. The van der Waals surface area contributed by atoms with E-state index in [9.17, 15) is 8.42 Å². The normalized spacial score (nSPS) is 11.1. The van der Waals surface area contributed by atoms with Gasteiger partial charge in [0.2, 0.25) is 0 Å². The van der Waals surface area contributed by atoms with Crippen LogP contribution in [-0.4, -0.2) is 20.7 Å². The molecule has 5 nitrogen and oxygen atoms in total. The van der Waals surface area contributed by atoms with Crippen LogP contribution in [0.1, 0.15) is 37.7 Å². The first-order valence-corrected chi connectivity index (χ1v) is 8.52. The lowest BCUT2D eigenvalue weighted by molar-refractivity contribution is 0.585. The lowest BCUT2D eigenvalue weighted by atomic mass is 10.2. The van der Waals surface area contributed by atoms with Crippen molar-refractivity contribution in [1.29, 1.82) is 0 Å². The van der Waals surface area contributed by atoms with Crippen molar-refractivity contribution in [1.82, 2.24) is 0 Å². The summed E-state index contributed by atoms with van der Waals surface area (Å²) < 4.78 is 24.1. The van der Waals surface area contributed by atoms with Gasteiger partial charge < -0.3 is 0 Å². The van der Waals surface area contributed by atoms with Crippen LogP contribution in [0.4, 0.5) is 0 Å². The standard InChI is InChI=1S/C14H21N3O2S/c1-13-7-9-14(10-8-13)20(18,19)12-6-4-2-3-5-11-16-17-15/h7-10H,2-6,11-12H2,1H3. The van der Waals surface area contributed by atoms with Crippen LogP contribution in [0.25, 0.3) is 10.4 Å². The number of rotatable bonds is 9. The maximum absolute atomic E-state index is 12.1. The van der Waals surface area contributed by atoms with Gasteiger partial charge in [0, 0.05) is 11.5 Å². The predicted octanol–water partition coefficient (Wildman–Crippen LogP) is 4.03. The Labute approximate surface area is 120 Å². The third-order valence-electron chi connectivity index (χ3n) is 3.11. The van der Waals surface area contributed by atoms with Crippen molar-refractivity contribution in [3.05, 3.63) is 40.3 Å². The Kier molecular flexibility index (Phi) is 7.12. The van der Waals surface area contributed by atoms with Crippen LogP contribution < -0.4 is 0 Å². The highest BCUT2D eigenvalue weighted by atomic mass is 32.2. The molecule has 0 atom stereocenters. The van der Waals surface area contributed by atoms with Gasteiger partial charge in [-0.2, -0.15) is 0 Å². The molecule has 0 bridgehead atoms. The molecule has 1 rings (SSSR count).